The zero-order chi connectivity index (χ0) is 13.4. The highest BCUT2D eigenvalue weighted by Crippen LogP contribution is 2.23. The van der Waals surface area contributed by atoms with Crippen molar-refractivity contribution in [2.45, 2.75) is 40.3 Å². The molecule has 1 aromatic rings. The molecule has 0 fully saturated rings. The number of benzene rings is 1. The summed E-state index contributed by atoms with van der Waals surface area (Å²) in [6, 6.07) is 6.25. The predicted molar refractivity (Wildman–Crippen MR) is 75.1 cm³/mol. The van der Waals surface area contributed by atoms with Gasteiger partial charge in [-0.15, -0.1) is 0 Å². The average Bonchev–Trinajstić information content (AvgIpc) is 2.33. The number of hydrogen-bond donors (Lipinski definition) is 1. The molecule has 0 aliphatic rings. The van der Waals surface area contributed by atoms with E-state index in [0.29, 0.717) is 13.2 Å². The smallest absolute Gasteiger partial charge is 0.126 e. The minimum atomic E-state index is 0.256. The SMILES string of the molecule is CCNCc1cccc(C)c1OCCOC(C)C. The van der Waals surface area contributed by atoms with E-state index in [9.17, 15) is 0 Å². The van der Waals surface area contributed by atoms with Gasteiger partial charge in [-0.25, -0.2) is 0 Å². The van der Waals surface area contributed by atoms with E-state index >= 15 is 0 Å². The van der Waals surface area contributed by atoms with E-state index in [2.05, 4.69) is 37.4 Å². The maximum atomic E-state index is 5.85. The van der Waals surface area contributed by atoms with E-state index in [4.69, 9.17) is 9.47 Å². The number of para-hydroxylation sites is 1. The first-order valence-corrected chi connectivity index (χ1v) is 6.68. The second-order valence-electron chi connectivity index (χ2n) is 4.61. The van der Waals surface area contributed by atoms with Crippen molar-refractivity contribution in [1.29, 1.82) is 0 Å². The Morgan fingerprint density at radius 2 is 2.00 bits per heavy atom. The number of aryl methyl sites for hydroxylation is 1. The van der Waals surface area contributed by atoms with Gasteiger partial charge in [0.25, 0.3) is 0 Å². The third kappa shape index (κ3) is 5.07. The average molecular weight is 251 g/mol. The van der Waals surface area contributed by atoms with Gasteiger partial charge in [-0.2, -0.15) is 0 Å². The molecule has 0 aliphatic carbocycles. The Hall–Kier alpha value is -1.06. The van der Waals surface area contributed by atoms with E-state index in [1.54, 1.807) is 0 Å². The molecule has 0 heterocycles. The molecule has 18 heavy (non-hydrogen) atoms. The molecule has 0 spiro atoms. The first-order valence-electron chi connectivity index (χ1n) is 6.68. The molecular weight excluding hydrogens is 226 g/mol. The lowest BCUT2D eigenvalue weighted by Gasteiger charge is -2.15. The Labute approximate surface area is 110 Å². The molecule has 0 radical (unpaired) electrons. The summed E-state index contributed by atoms with van der Waals surface area (Å²) in [5.41, 5.74) is 2.39. The van der Waals surface area contributed by atoms with Crippen LogP contribution in [0.3, 0.4) is 0 Å². The molecule has 1 rings (SSSR count). The Balaban J connectivity index is 2.56. The first kappa shape index (κ1) is 15.0. The summed E-state index contributed by atoms with van der Waals surface area (Å²) in [5.74, 6) is 0.991. The maximum absolute atomic E-state index is 5.85. The monoisotopic (exact) mass is 251 g/mol. The molecule has 0 amide bonds. The molecule has 0 atom stereocenters. The van der Waals surface area contributed by atoms with Crippen LogP contribution in [0.15, 0.2) is 18.2 Å². The van der Waals surface area contributed by atoms with Gasteiger partial charge in [0.15, 0.2) is 0 Å². The fraction of sp³-hybridized carbons (Fsp3) is 0.600. The quantitative estimate of drug-likeness (QED) is 0.721. The molecule has 0 saturated heterocycles. The van der Waals surface area contributed by atoms with Crippen LogP contribution in [0.2, 0.25) is 0 Å². The summed E-state index contributed by atoms with van der Waals surface area (Å²) in [5, 5.41) is 3.33. The molecule has 3 nitrogen and oxygen atoms in total. The zero-order valence-electron chi connectivity index (χ0n) is 12.0. The van der Waals surface area contributed by atoms with Gasteiger partial charge in [0.1, 0.15) is 12.4 Å². The van der Waals surface area contributed by atoms with Gasteiger partial charge in [0, 0.05) is 12.1 Å². The van der Waals surface area contributed by atoms with Crippen molar-refractivity contribution in [3.05, 3.63) is 29.3 Å². The van der Waals surface area contributed by atoms with Crippen LogP contribution in [-0.4, -0.2) is 25.9 Å². The minimum absolute atomic E-state index is 0.256. The Morgan fingerprint density at radius 3 is 2.67 bits per heavy atom. The van der Waals surface area contributed by atoms with E-state index in [-0.39, 0.29) is 6.10 Å². The molecular formula is C15H25NO2. The largest absolute Gasteiger partial charge is 0.491 e. The highest BCUT2D eigenvalue weighted by atomic mass is 16.5. The molecule has 1 N–H and O–H groups in total. The highest BCUT2D eigenvalue weighted by Gasteiger charge is 2.06. The van der Waals surface area contributed by atoms with Crippen molar-refractivity contribution < 1.29 is 9.47 Å². The second-order valence-corrected chi connectivity index (χ2v) is 4.61. The molecule has 3 heteroatoms. The van der Waals surface area contributed by atoms with Gasteiger partial charge in [-0.3, -0.25) is 0 Å². The zero-order valence-corrected chi connectivity index (χ0v) is 12.0. The van der Waals surface area contributed by atoms with Crippen LogP contribution in [0.4, 0.5) is 0 Å². The second kappa shape index (κ2) is 8.11. The lowest BCUT2D eigenvalue weighted by atomic mass is 10.1. The summed E-state index contributed by atoms with van der Waals surface area (Å²) in [4.78, 5) is 0. The van der Waals surface area contributed by atoms with Gasteiger partial charge in [0.2, 0.25) is 0 Å². The number of rotatable bonds is 8. The summed E-state index contributed by atoms with van der Waals surface area (Å²) < 4.78 is 11.3. The maximum Gasteiger partial charge on any atom is 0.126 e. The molecule has 102 valence electrons. The van der Waals surface area contributed by atoms with Crippen molar-refractivity contribution >= 4 is 0 Å². The van der Waals surface area contributed by atoms with Crippen LogP contribution in [0.1, 0.15) is 31.9 Å². The summed E-state index contributed by atoms with van der Waals surface area (Å²) in [7, 11) is 0. The standard InChI is InChI=1S/C15H25NO2/c1-5-16-11-14-8-6-7-13(4)15(14)18-10-9-17-12(2)3/h6-8,12,16H,5,9-11H2,1-4H3. The normalized spacial score (nSPS) is 10.9. The van der Waals surface area contributed by atoms with Crippen LogP contribution < -0.4 is 10.1 Å². The molecule has 0 unspecified atom stereocenters. The van der Waals surface area contributed by atoms with Gasteiger partial charge >= 0.3 is 0 Å². The van der Waals surface area contributed by atoms with Gasteiger partial charge in [0.05, 0.1) is 12.7 Å². The molecule has 0 saturated carbocycles. The van der Waals surface area contributed by atoms with Crippen molar-refractivity contribution in [1.82, 2.24) is 5.32 Å². The lowest BCUT2D eigenvalue weighted by molar-refractivity contribution is 0.0549. The summed E-state index contributed by atoms with van der Waals surface area (Å²) in [6.07, 6.45) is 0.256. The third-order valence-electron chi connectivity index (χ3n) is 2.64. The van der Waals surface area contributed by atoms with Crippen LogP contribution in [0.25, 0.3) is 0 Å². The highest BCUT2D eigenvalue weighted by molar-refractivity contribution is 5.40. The number of ether oxygens (including phenoxy) is 2. The fourth-order valence-corrected chi connectivity index (χ4v) is 1.75. The van der Waals surface area contributed by atoms with Crippen LogP contribution in [-0.2, 0) is 11.3 Å². The summed E-state index contributed by atoms with van der Waals surface area (Å²) >= 11 is 0. The fourth-order valence-electron chi connectivity index (χ4n) is 1.75. The van der Waals surface area contributed by atoms with Gasteiger partial charge in [-0.1, -0.05) is 25.1 Å². The number of hydrogen-bond acceptors (Lipinski definition) is 3. The Kier molecular flexibility index (Phi) is 6.76. The Morgan fingerprint density at radius 1 is 1.22 bits per heavy atom. The Bertz CT molecular complexity index is 350. The topological polar surface area (TPSA) is 30.5 Å². The molecule has 0 aromatic heterocycles. The predicted octanol–water partition coefficient (Wildman–Crippen LogP) is 2.91. The van der Waals surface area contributed by atoms with E-state index in [1.165, 1.54) is 11.1 Å². The van der Waals surface area contributed by atoms with E-state index in [0.717, 1.165) is 18.8 Å². The minimum Gasteiger partial charge on any atom is -0.491 e. The van der Waals surface area contributed by atoms with Crippen molar-refractivity contribution in [2.24, 2.45) is 0 Å². The first-order chi connectivity index (χ1) is 8.65. The third-order valence-corrected chi connectivity index (χ3v) is 2.64. The van der Waals surface area contributed by atoms with Crippen molar-refractivity contribution in [2.75, 3.05) is 19.8 Å². The van der Waals surface area contributed by atoms with Gasteiger partial charge in [-0.05, 0) is 32.9 Å². The number of nitrogens with one attached hydrogen (secondary N) is 1. The van der Waals surface area contributed by atoms with Crippen LogP contribution >= 0.6 is 0 Å². The van der Waals surface area contributed by atoms with Gasteiger partial charge < -0.3 is 14.8 Å². The van der Waals surface area contributed by atoms with Crippen LogP contribution in [0, 0.1) is 6.92 Å². The van der Waals surface area contributed by atoms with Crippen molar-refractivity contribution in [3.8, 4) is 5.75 Å². The molecule has 1 aromatic carbocycles. The van der Waals surface area contributed by atoms with E-state index < -0.39 is 0 Å². The van der Waals surface area contributed by atoms with Crippen LogP contribution in [0.5, 0.6) is 5.75 Å². The molecule has 0 bridgehead atoms. The summed E-state index contributed by atoms with van der Waals surface area (Å²) in [6.45, 7) is 11.3. The van der Waals surface area contributed by atoms with E-state index in [1.807, 2.05) is 13.8 Å². The van der Waals surface area contributed by atoms with Crippen molar-refractivity contribution in [3.63, 3.8) is 0 Å². The lowest BCUT2D eigenvalue weighted by Crippen LogP contribution is -2.15. The molecule has 0 aliphatic heterocycles.